The van der Waals surface area contributed by atoms with Crippen molar-refractivity contribution in [3.63, 3.8) is 0 Å². The summed E-state index contributed by atoms with van der Waals surface area (Å²) in [6, 6.07) is 8.91. The maximum absolute atomic E-state index is 10.6. The molecule has 0 amide bonds. The van der Waals surface area contributed by atoms with E-state index in [1.54, 1.807) is 0 Å². The molecule has 0 radical (unpaired) electrons. The van der Waals surface area contributed by atoms with Crippen molar-refractivity contribution in [3.05, 3.63) is 35.9 Å². The molecule has 42 heavy (non-hydrogen) atoms. The van der Waals surface area contributed by atoms with E-state index in [-0.39, 0.29) is 0 Å². The molecule has 2 saturated heterocycles. The van der Waals surface area contributed by atoms with Gasteiger partial charge in [0.15, 0.2) is 0 Å². The number of aliphatic carboxylic acids is 2. The highest BCUT2D eigenvalue weighted by atomic mass is 19.4. The zero-order chi connectivity index (χ0) is 31.1. The number of piperidine rings is 1. The normalized spacial score (nSPS) is 18.2. The predicted molar refractivity (Wildman–Crippen MR) is 135 cm³/mol. The number of aryl methyl sites for hydroxylation is 1. The van der Waals surface area contributed by atoms with Gasteiger partial charge in [0.1, 0.15) is 0 Å². The molecule has 2 aliphatic rings. The lowest BCUT2D eigenvalue weighted by atomic mass is 9.96. The molecule has 0 spiro atoms. The second-order valence-electron chi connectivity index (χ2n) is 9.64. The monoisotopic (exact) mass is 608 g/mol. The van der Waals surface area contributed by atoms with Gasteiger partial charge in [-0.15, -0.1) is 0 Å². The Morgan fingerprint density at radius 3 is 2.14 bits per heavy atom. The fraction of sp³-hybridized carbons (Fsp3) is 0.560. The summed E-state index contributed by atoms with van der Waals surface area (Å²) in [5.74, 6) is -3.86. The van der Waals surface area contributed by atoms with Gasteiger partial charge in [0.05, 0.1) is 11.2 Å². The number of para-hydroxylation sites is 1. The van der Waals surface area contributed by atoms with Gasteiger partial charge in [-0.05, 0) is 63.0 Å². The largest absolute Gasteiger partial charge is 0.490 e. The highest BCUT2D eigenvalue weighted by Gasteiger charge is 2.39. The molecule has 0 bridgehead atoms. The van der Waals surface area contributed by atoms with Crippen molar-refractivity contribution in [1.29, 1.82) is 0 Å². The van der Waals surface area contributed by atoms with Gasteiger partial charge < -0.3 is 25.0 Å². The first kappa shape index (κ1) is 32.8. The number of halogens is 6. The molecule has 0 unspecified atom stereocenters. The summed E-state index contributed by atoms with van der Waals surface area (Å²) in [6.45, 7) is 6.67. The van der Waals surface area contributed by atoms with E-state index in [2.05, 4.69) is 34.4 Å². The van der Waals surface area contributed by atoms with Crippen LogP contribution in [0.1, 0.15) is 50.1 Å². The number of carboxylic acids is 2. The molecule has 1 atom stereocenters. The Labute approximate surface area is 235 Å². The van der Waals surface area contributed by atoms with Crippen LogP contribution < -0.4 is 5.32 Å². The van der Waals surface area contributed by atoms with E-state index >= 15 is 0 Å². The second kappa shape index (κ2) is 14.0. The van der Waals surface area contributed by atoms with E-state index in [9.17, 15) is 26.3 Å². The van der Waals surface area contributed by atoms with Gasteiger partial charge in [-0.1, -0.05) is 25.1 Å². The van der Waals surface area contributed by atoms with Crippen molar-refractivity contribution in [2.45, 2.75) is 63.3 Å². The fourth-order valence-corrected chi connectivity index (χ4v) is 4.61. The fourth-order valence-electron chi connectivity index (χ4n) is 4.61. The summed E-state index contributed by atoms with van der Waals surface area (Å²) in [5, 5.41) is 28.0. The second-order valence-corrected chi connectivity index (χ2v) is 9.64. The van der Waals surface area contributed by atoms with Crippen molar-refractivity contribution in [2.24, 2.45) is 0 Å². The number of fused-ring (bicyclic) bond motifs is 1. The minimum atomic E-state index is -5.08. The number of benzene rings is 1. The molecule has 2 aliphatic heterocycles. The van der Waals surface area contributed by atoms with Crippen LogP contribution in [-0.2, 0) is 16.0 Å². The maximum Gasteiger partial charge on any atom is 0.490 e. The Balaban J connectivity index is 0.000000289. The van der Waals surface area contributed by atoms with E-state index in [0.717, 1.165) is 54.8 Å². The van der Waals surface area contributed by atoms with Crippen molar-refractivity contribution in [2.75, 3.05) is 26.2 Å². The number of hydrogen-bond acceptors (Lipinski definition) is 8. The number of likely N-dealkylation sites (tertiary alicyclic amines) is 1. The minimum Gasteiger partial charge on any atom is -0.475 e. The molecular formula is C25H30F6N6O5. The van der Waals surface area contributed by atoms with Gasteiger partial charge in [0.2, 0.25) is 5.89 Å². The van der Waals surface area contributed by atoms with Crippen LogP contribution in [0.3, 0.4) is 0 Å². The number of carboxylic acid groups (broad SMARTS) is 2. The topological polar surface area (TPSA) is 147 Å². The zero-order valence-electron chi connectivity index (χ0n) is 22.5. The van der Waals surface area contributed by atoms with Gasteiger partial charge >= 0.3 is 24.3 Å². The molecular weight excluding hydrogens is 578 g/mol. The lowest BCUT2D eigenvalue weighted by Gasteiger charge is -2.32. The molecule has 1 aromatic carbocycles. The number of rotatable bonds is 5. The molecule has 3 N–H and O–H groups in total. The van der Waals surface area contributed by atoms with E-state index < -0.39 is 24.3 Å². The van der Waals surface area contributed by atoms with Crippen LogP contribution in [0.4, 0.5) is 26.3 Å². The summed E-state index contributed by atoms with van der Waals surface area (Å²) in [4.78, 5) is 25.1. The van der Waals surface area contributed by atoms with Crippen LogP contribution in [-0.4, -0.2) is 91.5 Å². The van der Waals surface area contributed by atoms with Gasteiger partial charge in [0, 0.05) is 23.9 Å². The average Bonchev–Trinajstić information content (AvgIpc) is 3.69. The maximum atomic E-state index is 10.6. The SMILES string of the molecule is CCc1nn(-c2noc(C3CCN(C[C@H]4CCCN4)CC3)n2)c2ccccc12.O=C(O)C(F)(F)F.O=C(O)C(F)(F)F. The third-order valence-electron chi connectivity index (χ3n) is 6.68. The molecule has 5 rings (SSSR count). The van der Waals surface area contributed by atoms with Crippen LogP contribution in [0.2, 0.25) is 0 Å². The lowest BCUT2D eigenvalue weighted by Crippen LogP contribution is -2.41. The lowest BCUT2D eigenvalue weighted by molar-refractivity contribution is -0.193. The van der Waals surface area contributed by atoms with Crippen molar-refractivity contribution < 1.29 is 50.7 Å². The number of nitrogens with zero attached hydrogens (tertiary/aromatic N) is 5. The Morgan fingerprint density at radius 1 is 1.02 bits per heavy atom. The summed E-state index contributed by atoms with van der Waals surface area (Å²) >= 11 is 0. The predicted octanol–water partition coefficient (Wildman–Crippen LogP) is 4.17. The number of hydrogen-bond donors (Lipinski definition) is 3. The Kier molecular flexibility index (Phi) is 10.9. The first-order valence-electron chi connectivity index (χ1n) is 13.1. The van der Waals surface area contributed by atoms with Crippen LogP contribution in [0.25, 0.3) is 16.9 Å². The van der Waals surface area contributed by atoms with Gasteiger partial charge in [-0.2, -0.15) is 41.1 Å². The minimum absolute atomic E-state index is 0.349. The Hall–Kier alpha value is -3.73. The van der Waals surface area contributed by atoms with Crippen molar-refractivity contribution in [1.82, 2.24) is 30.1 Å². The first-order valence-corrected chi connectivity index (χ1v) is 13.1. The summed E-state index contributed by atoms with van der Waals surface area (Å²) < 4.78 is 71.0. The highest BCUT2D eigenvalue weighted by molar-refractivity contribution is 5.83. The average molecular weight is 609 g/mol. The third kappa shape index (κ3) is 8.88. The summed E-state index contributed by atoms with van der Waals surface area (Å²) in [5.41, 5.74) is 2.10. The van der Waals surface area contributed by atoms with E-state index in [0.29, 0.717) is 17.9 Å². The molecule has 17 heteroatoms. The van der Waals surface area contributed by atoms with Crippen LogP contribution >= 0.6 is 0 Å². The quantitative estimate of drug-likeness (QED) is 0.361. The van der Waals surface area contributed by atoms with E-state index in [4.69, 9.17) is 34.4 Å². The standard InChI is InChI=1S/C21H28N6O.2C2HF3O2/c1-2-18-17-7-3-4-8-19(17)27(24-18)21-23-20(28-25-21)15-9-12-26(13-10-15)14-16-6-5-11-22-16;2*3-2(4,5)1(6)7/h3-4,7-8,15-16,22H,2,5-6,9-14H2,1H3;2*(H,6,7)/t16-;;/m1../s1. The molecule has 11 nitrogen and oxygen atoms in total. The highest BCUT2D eigenvalue weighted by Crippen LogP contribution is 2.29. The summed E-state index contributed by atoms with van der Waals surface area (Å²) in [7, 11) is 0. The zero-order valence-corrected chi connectivity index (χ0v) is 22.5. The van der Waals surface area contributed by atoms with Crippen LogP contribution in [0.15, 0.2) is 28.8 Å². The molecule has 232 valence electrons. The number of alkyl halides is 6. The number of nitrogens with one attached hydrogen (secondary N) is 1. The molecule has 4 heterocycles. The molecule has 0 saturated carbocycles. The Morgan fingerprint density at radius 2 is 1.62 bits per heavy atom. The van der Waals surface area contributed by atoms with Crippen LogP contribution in [0, 0.1) is 0 Å². The van der Waals surface area contributed by atoms with Gasteiger partial charge in [0.25, 0.3) is 5.95 Å². The van der Waals surface area contributed by atoms with Crippen molar-refractivity contribution in [3.8, 4) is 5.95 Å². The molecule has 2 fully saturated rings. The number of carbonyl (C=O) groups is 2. The van der Waals surface area contributed by atoms with E-state index in [1.165, 1.54) is 25.9 Å². The van der Waals surface area contributed by atoms with E-state index in [1.807, 2.05) is 16.8 Å². The van der Waals surface area contributed by atoms with Crippen molar-refractivity contribution >= 4 is 22.8 Å². The van der Waals surface area contributed by atoms with Crippen LogP contribution in [0.5, 0.6) is 0 Å². The molecule has 3 aromatic rings. The smallest absolute Gasteiger partial charge is 0.475 e. The Bertz CT molecular complexity index is 1300. The molecule has 2 aromatic heterocycles. The third-order valence-corrected chi connectivity index (χ3v) is 6.68. The summed E-state index contributed by atoms with van der Waals surface area (Å²) in [6.07, 6.45) is -4.51. The number of aromatic nitrogens is 4. The first-order chi connectivity index (χ1) is 19.7. The van der Waals surface area contributed by atoms with Gasteiger partial charge in [-0.25, -0.2) is 9.59 Å². The van der Waals surface area contributed by atoms with Gasteiger partial charge in [-0.3, -0.25) is 0 Å². The molecule has 0 aliphatic carbocycles.